The van der Waals surface area contributed by atoms with Gasteiger partial charge in [-0.2, -0.15) is 5.10 Å². The van der Waals surface area contributed by atoms with Crippen molar-refractivity contribution >= 4 is 0 Å². The van der Waals surface area contributed by atoms with E-state index in [1.165, 1.54) is 0 Å². The van der Waals surface area contributed by atoms with Gasteiger partial charge < -0.3 is 5.73 Å². The molecule has 0 aromatic carbocycles. The maximum absolute atomic E-state index is 5.65. The first-order chi connectivity index (χ1) is 6.22. The third-order valence-corrected chi connectivity index (χ3v) is 2.30. The molecule has 1 atom stereocenters. The molecule has 0 aliphatic heterocycles. The molecule has 1 aromatic heterocycles. The summed E-state index contributed by atoms with van der Waals surface area (Å²) in [5.41, 5.74) is 5.65. The summed E-state index contributed by atoms with van der Waals surface area (Å²) in [6, 6.07) is 0. The molecule has 0 aliphatic carbocycles. The fourth-order valence-corrected chi connectivity index (χ4v) is 1.41. The molecular weight excluding hydrogens is 164 g/mol. The van der Waals surface area contributed by atoms with E-state index in [2.05, 4.69) is 23.9 Å². The molecule has 4 nitrogen and oxygen atoms in total. The first kappa shape index (κ1) is 10.2. The first-order valence-corrected chi connectivity index (χ1v) is 4.82. The molecule has 0 radical (unpaired) electrons. The molecule has 1 rings (SSSR count). The highest BCUT2D eigenvalue weighted by molar-refractivity contribution is 5.00. The van der Waals surface area contributed by atoms with Crippen molar-refractivity contribution in [1.29, 1.82) is 0 Å². The van der Waals surface area contributed by atoms with Crippen molar-refractivity contribution in [3.63, 3.8) is 0 Å². The quantitative estimate of drug-likeness (QED) is 0.750. The third-order valence-electron chi connectivity index (χ3n) is 2.30. The summed E-state index contributed by atoms with van der Waals surface area (Å²) in [7, 11) is 1.93. The van der Waals surface area contributed by atoms with E-state index in [0.717, 1.165) is 24.5 Å². The van der Waals surface area contributed by atoms with Crippen LogP contribution in [-0.2, 0) is 13.5 Å². The Kier molecular flexibility index (Phi) is 3.42. The molecule has 4 heteroatoms. The van der Waals surface area contributed by atoms with Gasteiger partial charge >= 0.3 is 0 Å². The zero-order valence-corrected chi connectivity index (χ0v) is 8.62. The summed E-state index contributed by atoms with van der Waals surface area (Å²) in [4.78, 5) is 4.44. The van der Waals surface area contributed by atoms with Gasteiger partial charge in [0.25, 0.3) is 0 Å². The summed E-state index contributed by atoms with van der Waals surface area (Å²) >= 11 is 0. The Morgan fingerprint density at radius 2 is 2.15 bits per heavy atom. The molecule has 0 saturated carbocycles. The van der Waals surface area contributed by atoms with Crippen LogP contribution in [0.4, 0.5) is 0 Å². The normalized spacial score (nSPS) is 13.2. The predicted molar refractivity (Wildman–Crippen MR) is 52.5 cm³/mol. The molecule has 74 valence electrons. The number of nitrogens with zero attached hydrogens (tertiary/aromatic N) is 3. The first-order valence-electron chi connectivity index (χ1n) is 4.82. The minimum atomic E-state index is 0.345. The summed E-state index contributed by atoms with van der Waals surface area (Å²) in [6.07, 6.45) is 1.90. The average Bonchev–Trinajstić information content (AvgIpc) is 2.50. The Morgan fingerprint density at radius 1 is 1.46 bits per heavy atom. The van der Waals surface area contributed by atoms with E-state index < -0.39 is 0 Å². The Hall–Kier alpha value is -0.900. The highest BCUT2D eigenvalue weighted by atomic mass is 15.3. The van der Waals surface area contributed by atoms with Crippen molar-refractivity contribution in [2.24, 2.45) is 12.8 Å². The van der Waals surface area contributed by atoms with Crippen molar-refractivity contribution in [2.75, 3.05) is 6.54 Å². The zero-order valence-electron chi connectivity index (χ0n) is 8.62. The molecule has 0 aliphatic rings. The highest BCUT2D eigenvalue weighted by Crippen LogP contribution is 2.15. The van der Waals surface area contributed by atoms with Crippen LogP contribution in [0.1, 0.15) is 37.8 Å². The van der Waals surface area contributed by atoms with E-state index in [1.807, 2.05) is 11.7 Å². The fourth-order valence-electron chi connectivity index (χ4n) is 1.41. The molecule has 0 fully saturated rings. The summed E-state index contributed by atoms with van der Waals surface area (Å²) in [5.74, 6) is 2.27. The van der Waals surface area contributed by atoms with E-state index in [-0.39, 0.29) is 0 Å². The molecule has 2 N–H and O–H groups in total. The maximum Gasteiger partial charge on any atom is 0.150 e. The molecule has 0 bridgehead atoms. The van der Waals surface area contributed by atoms with Gasteiger partial charge in [0, 0.05) is 25.9 Å². The van der Waals surface area contributed by atoms with Crippen LogP contribution in [-0.4, -0.2) is 21.3 Å². The highest BCUT2D eigenvalue weighted by Gasteiger charge is 2.14. The van der Waals surface area contributed by atoms with Crippen LogP contribution in [0.5, 0.6) is 0 Å². The number of hydrogen-bond donors (Lipinski definition) is 1. The Morgan fingerprint density at radius 3 is 2.54 bits per heavy atom. The molecule has 0 amide bonds. The number of aromatic nitrogens is 3. The lowest BCUT2D eigenvalue weighted by molar-refractivity contribution is 0.579. The van der Waals surface area contributed by atoms with Crippen molar-refractivity contribution < 1.29 is 0 Å². The summed E-state index contributed by atoms with van der Waals surface area (Å²) in [6.45, 7) is 4.83. The van der Waals surface area contributed by atoms with Crippen LogP contribution in [0.15, 0.2) is 0 Å². The number of nitrogens with two attached hydrogens (primary N) is 1. The van der Waals surface area contributed by atoms with Crippen molar-refractivity contribution in [3.8, 4) is 0 Å². The van der Waals surface area contributed by atoms with E-state index in [9.17, 15) is 0 Å². The lowest BCUT2D eigenvalue weighted by atomic mass is 10.1. The van der Waals surface area contributed by atoms with Gasteiger partial charge in [-0.1, -0.05) is 13.8 Å². The predicted octanol–water partition coefficient (Wildman–Crippen LogP) is 0.830. The van der Waals surface area contributed by atoms with Gasteiger partial charge in [0.1, 0.15) is 5.82 Å². The minimum Gasteiger partial charge on any atom is -0.330 e. The topological polar surface area (TPSA) is 56.7 Å². The van der Waals surface area contributed by atoms with Gasteiger partial charge in [-0.05, 0) is 6.42 Å². The zero-order chi connectivity index (χ0) is 9.84. The maximum atomic E-state index is 5.65. The van der Waals surface area contributed by atoms with Gasteiger partial charge in [0.2, 0.25) is 0 Å². The van der Waals surface area contributed by atoms with E-state index in [0.29, 0.717) is 12.5 Å². The van der Waals surface area contributed by atoms with Crippen LogP contribution >= 0.6 is 0 Å². The van der Waals surface area contributed by atoms with Gasteiger partial charge in [-0.3, -0.25) is 4.68 Å². The van der Waals surface area contributed by atoms with Gasteiger partial charge in [-0.15, -0.1) is 0 Å². The van der Waals surface area contributed by atoms with Crippen LogP contribution in [0.2, 0.25) is 0 Å². The standard InChI is InChI=1S/C9H18N4/c1-4-7(6-10)9-11-8(5-2)12-13(9)3/h7H,4-6,10H2,1-3H3. The lowest BCUT2D eigenvalue weighted by Crippen LogP contribution is -2.16. The van der Waals surface area contributed by atoms with Gasteiger partial charge in [0.15, 0.2) is 5.82 Å². The molecule has 1 aromatic rings. The number of aryl methyl sites for hydroxylation is 2. The second-order valence-corrected chi connectivity index (χ2v) is 3.20. The second kappa shape index (κ2) is 4.37. The van der Waals surface area contributed by atoms with Crippen molar-refractivity contribution in [2.45, 2.75) is 32.6 Å². The number of rotatable bonds is 4. The van der Waals surface area contributed by atoms with Crippen LogP contribution < -0.4 is 5.73 Å². The molecule has 0 saturated heterocycles. The van der Waals surface area contributed by atoms with Crippen LogP contribution in [0.25, 0.3) is 0 Å². The SMILES string of the molecule is CCc1nc(C(CC)CN)n(C)n1. The van der Waals surface area contributed by atoms with Crippen LogP contribution in [0, 0.1) is 0 Å². The fraction of sp³-hybridized carbons (Fsp3) is 0.778. The van der Waals surface area contributed by atoms with Crippen molar-refractivity contribution in [3.05, 3.63) is 11.6 Å². The molecule has 1 unspecified atom stereocenters. The van der Waals surface area contributed by atoms with E-state index in [4.69, 9.17) is 5.73 Å². The van der Waals surface area contributed by atoms with E-state index in [1.54, 1.807) is 0 Å². The summed E-state index contributed by atoms with van der Waals surface area (Å²) < 4.78 is 1.85. The lowest BCUT2D eigenvalue weighted by Gasteiger charge is -2.09. The smallest absolute Gasteiger partial charge is 0.150 e. The molecule has 13 heavy (non-hydrogen) atoms. The number of hydrogen-bond acceptors (Lipinski definition) is 3. The third kappa shape index (κ3) is 2.06. The molecule has 0 spiro atoms. The van der Waals surface area contributed by atoms with E-state index >= 15 is 0 Å². The van der Waals surface area contributed by atoms with Crippen molar-refractivity contribution in [1.82, 2.24) is 14.8 Å². The summed E-state index contributed by atoms with van der Waals surface area (Å²) in [5, 5.41) is 4.30. The average molecular weight is 182 g/mol. The molecule has 1 heterocycles. The van der Waals surface area contributed by atoms with Gasteiger partial charge in [-0.25, -0.2) is 4.98 Å². The Balaban J connectivity index is 2.91. The Labute approximate surface area is 79.2 Å². The van der Waals surface area contributed by atoms with Gasteiger partial charge in [0.05, 0.1) is 0 Å². The minimum absolute atomic E-state index is 0.345. The Bertz CT molecular complexity index is 263. The van der Waals surface area contributed by atoms with Crippen LogP contribution in [0.3, 0.4) is 0 Å². The largest absolute Gasteiger partial charge is 0.330 e. The monoisotopic (exact) mass is 182 g/mol. The molecular formula is C9H18N4. The second-order valence-electron chi connectivity index (χ2n) is 3.20.